The molecule has 3 rings (SSSR count). The van der Waals surface area contributed by atoms with Crippen molar-refractivity contribution in [3.8, 4) is 0 Å². The van der Waals surface area contributed by atoms with E-state index in [1.54, 1.807) is 36.4 Å². The third-order valence-electron chi connectivity index (χ3n) is 4.26. The Morgan fingerprint density at radius 2 is 1.70 bits per heavy atom. The van der Waals surface area contributed by atoms with Crippen LogP contribution < -0.4 is 4.90 Å². The van der Waals surface area contributed by atoms with Gasteiger partial charge in [0.2, 0.25) is 5.91 Å². The average Bonchev–Trinajstić information content (AvgIpc) is 2.72. The van der Waals surface area contributed by atoms with Crippen molar-refractivity contribution in [1.29, 1.82) is 0 Å². The quantitative estimate of drug-likeness (QED) is 0.749. The molecular weight excluding hydrogens is 371 g/mol. The van der Waals surface area contributed by atoms with Gasteiger partial charge in [-0.05, 0) is 30.2 Å². The maximum absolute atomic E-state index is 14.0. The van der Waals surface area contributed by atoms with Crippen molar-refractivity contribution in [3.05, 3.63) is 64.1 Å². The first-order valence-corrected chi connectivity index (χ1v) is 7.75. The molecule has 1 amide bonds. The molecule has 2 aromatic rings. The summed E-state index contributed by atoms with van der Waals surface area (Å²) in [6, 6.07) is 12.7. The first-order chi connectivity index (χ1) is 10.8. The van der Waals surface area contributed by atoms with E-state index in [1.807, 2.05) is 0 Å². The van der Waals surface area contributed by atoms with Crippen LogP contribution in [0.25, 0.3) is 0 Å². The second-order valence-corrected chi connectivity index (χ2v) is 6.50. The highest BCUT2D eigenvalue weighted by Gasteiger charge is 2.66. The molecule has 0 bridgehead atoms. The van der Waals surface area contributed by atoms with Crippen molar-refractivity contribution < 1.29 is 18.0 Å². The summed E-state index contributed by atoms with van der Waals surface area (Å²) in [5.41, 5.74) is -1.74. The van der Waals surface area contributed by atoms with Gasteiger partial charge in [-0.25, -0.2) is 0 Å². The fraction of sp³-hybridized carbons (Fsp3) is 0.235. The van der Waals surface area contributed by atoms with Gasteiger partial charge < -0.3 is 4.90 Å². The minimum absolute atomic E-state index is 0.0166. The molecule has 1 aliphatic heterocycles. The molecule has 0 saturated carbocycles. The zero-order valence-corrected chi connectivity index (χ0v) is 13.8. The molecule has 0 spiro atoms. The van der Waals surface area contributed by atoms with E-state index in [-0.39, 0.29) is 5.56 Å². The smallest absolute Gasteiger partial charge is 0.314 e. The number of hydrogen-bond donors (Lipinski definition) is 0. The molecule has 0 radical (unpaired) electrons. The molecule has 0 fully saturated rings. The van der Waals surface area contributed by atoms with Gasteiger partial charge >= 0.3 is 6.18 Å². The molecule has 1 unspecified atom stereocenters. The van der Waals surface area contributed by atoms with Crippen LogP contribution >= 0.6 is 15.9 Å². The van der Waals surface area contributed by atoms with Crippen molar-refractivity contribution in [1.82, 2.24) is 0 Å². The van der Waals surface area contributed by atoms with Crippen LogP contribution in [0, 0.1) is 0 Å². The highest BCUT2D eigenvalue weighted by Crippen LogP contribution is 2.52. The molecule has 1 aliphatic rings. The van der Waals surface area contributed by atoms with Crippen molar-refractivity contribution >= 4 is 27.5 Å². The number of fused-ring (bicyclic) bond motifs is 1. The number of carbonyl (C=O) groups excluding carboxylic acids is 1. The van der Waals surface area contributed by atoms with Gasteiger partial charge in [-0.3, -0.25) is 4.79 Å². The number of rotatable bonds is 2. The molecule has 0 saturated heterocycles. The van der Waals surface area contributed by atoms with E-state index in [0.717, 1.165) is 9.37 Å². The van der Waals surface area contributed by atoms with Gasteiger partial charge in [0.05, 0.1) is 0 Å². The summed E-state index contributed by atoms with van der Waals surface area (Å²) in [7, 11) is 1.39. The molecule has 2 nitrogen and oxygen atoms in total. The number of carbonyl (C=O) groups is 1. The number of amides is 1. The molecule has 0 aliphatic carbocycles. The lowest BCUT2D eigenvalue weighted by molar-refractivity contribution is -0.191. The van der Waals surface area contributed by atoms with Crippen LogP contribution in [0.4, 0.5) is 18.9 Å². The van der Waals surface area contributed by atoms with Gasteiger partial charge in [0.1, 0.15) is 0 Å². The Balaban J connectivity index is 2.19. The maximum Gasteiger partial charge on any atom is 0.407 e. The SMILES string of the molecule is CN1C(=O)C(Cc2ccc(Br)cc2)(C(F)(F)F)c2ccccc21. The second kappa shape index (κ2) is 5.37. The minimum atomic E-state index is -4.68. The van der Waals surface area contributed by atoms with Crippen molar-refractivity contribution in [2.75, 3.05) is 11.9 Å². The zero-order chi connectivity index (χ0) is 16.8. The number of halogens is 4. The average molecular weight is 384 g/mol. The van der Waals surface area contributed by atoms with Crippen LogP contribution in [0.15, 0.2) is 53.0 Å². The van der Waals surface area contributed by atoms with Crippen LogP contribution in [0.1, 0.15) is 11.1 Å². The van der Waals surface area contributed by atoms with E-state index >= 15 is 0 Å². The molecule has 1 heterocycles. The molecule has 0 aromatic heterocycles. The molecule has 2 aromatic carbocycles. The first kappa shape index (κ1) is 16.1. The Labute approximate surface area is 140 Å². The van der Waals surface area contributed by atoms with Gasteiger partial charge in [0, 0.05) is 22.8 Å². The maximum atomic E-state index is 14.0. The van der Waals surface area contributed by atoms with Crippen LogP contribution in [0.3, 0.4) is 0 Å². The van der Waals surface area contributed by atoms with Crippen molar-refractivity contribution in [3.63, 3.8) is 0 Å². The Kier molecular flexibility index (Phi) is 3.75. The summed E-state index contributed by atoms with van der Waals surface area (Å²) < 4.78 is 42.9. The van der Waals surface area contributed by atoms with E-state index in [2.05, 4.69) is 15.9 Å². The Morgan fingerprint density at radius 3 is 2.30 bits per heavy atom. The van der Waals surface area contributed by atoms with Gasteiger partial charge in [0.15, 0.2) is 5.41 Å². The zero-order valence-electron chi connectivity index (χ0n) is 12.2. The molecule has 0 N–H and O–H groups in total. The van der Waals surface area contributed by atoms with E-state index in [4.69, 9.17) is 0 Å². The predicted octanol–water partition coefficient (Wildman–Crippen LogP) is 4.47. The molecule has 23 heavy (non-hydrogen) atoms. The Bertz CT molecular complexity index is 757. The minimum Gasteiger partial charge on any atom is -0.314 e. The van der Waals surface area contributed by atoms with Crippen LogP contribution in [0.2, 0.25) is 0 Å². The molecule has 1 atom stereocenters. The van der Waals surface area contributed by atoms with E-state index in [0.29, 0.717) is 11.3 Å². The van der Waals surface area contributed by atoms with Gasteiger partial charge in [-0.2, -0.15) is 13.2 Å². The number of benzene rings is 2. The predicted molar refractivity (Wildman–Crippen MR) is 85.4 cm³/mol. The van der Waals surface area contributed by atoms with Crippen LogP contribution in [-0.4, -0.2) is 19.1 Å². The highest BCUT2D eigenvalue weighted by molar-refractivity contribution is 9.10. The number of hydrogen-bond acceptors (Lipinski definition) is 1. The van der Waals surface area contributed by atoms with Crippen molar-refractivity contribution in [2.45, 2.75) is 18.0 Å². The normalized spacial score (nSPS) is 20.7. The number of nitrogens with zero attached hydrogens (tertiary/aromatic N) is 1. The highest BCUT2D eigenvalue weighted by atomic mass is 79.9. The summed E-state index contributed by atoms with van der Waals surface area (Å²) in [6.45, 7) is 0. The van der Waals surface area contributed by atoms with E-state index < -0.39 is 23.9 Å². The largest absolute Gasteiger partial charge is 0.407 e. The fourth-order valence-electron chi connectivity index (χ4n) is 3.09. The van der Waals surface area contributed by atoms with E-state index in [1.165, 1.54) is 19.2 Å². The fourth-order valence-corrected chi connectivity index (χ4v) is 3.36. The lowest BCUT2D eigenvalue weighted by Crippen LogP contribution is -2.51. The number of likely N-dealkylation sites (N-methyl/N-ethyl adjacent to an activating group) is 1. The second-order valence-electron chi connectivity index (χ2n) is 5.59. The number of alkyl halides is 3. The lowest BCUT2D eigenvalue weighted by Gasteiger charge is -2.31. The summed E-state index contributed by atoms with van der Waals surface area (Å²) >= 11 is 3.26. The van der Waals surface area contributed by atoms with Crippen LogP contribution in [-0.2, 0) is 16.6 Å². The lowest BCUT2D eigenvalue weighted by atomic mass is 9.75. The molecule has 120 valence electrons. The topological polar surface area (TPSA) is 20.3 Å². The van der Waals surface area contributed by atoms with Gasteiger partial charge in [0.25, 0.3) is 0 Å². The van der Waals surface area contributed by atoms with Crippen LogP contribution in [0.5, 0.6) is 0 Å². The summed E-state index contributed by atoms with van der Waals surface area (Å²) in [5, 5.41) is 0. The molecule has 6 heteroatoms. The third kappa shape index (κ3) is 2.36. The number of anilines is 1. The third-order valence-corrected chi connectivity index (χ3v) is 4.79. The van der Waals surface area contributed by atoms with E-state index in [9.17, 15) is 18.0 Å². The summed E-state index contributed by atoms with van der Waals surface area (Å²) in [6.07, 6.45) is -5.10. The molecular formula is C17H13BrF3NO. The standard InChI is InChI=1S/C17H13BrF3NO/c1-22-14-5-3-2-4-13(14)16(15(22)23,17(19,20)21)10-11-6-8-12(18)9-7-11/h2-9H,10H2,1H3. The summed E-state index contributed by atoms with van der Waals surface area (Å²) in [5.74, 6) is -0.936. The first-order valence-electron chi connectivity index (χ1n) is 6.96. The van der Waals surface area contributed by atoms with Crippen molar-refractivity contribution in [2.24, 2.45) is 0 Å². The van der Waals surface area contributed by atoms with Gasteiger partial charge in [-0.15, -0.1) is 0 Å². The summed E-state index contributed by atoms with van der Waals surface area (Å²) in [4.78, 5) is 13.7. The Morgan fingerprint density at radius 1 is 1.09 bits per heavy atom. The van der Waals surface area contributed by atoms with Gasteiger partial charge in [-0.1, -0.05) is 46.3 Å². The Hall–Kier alpha value is -1.82. The number of para-hydroxylation sites is 1. The monoisotopic (exact) mass is 383 g/mol.